The molecule has 1 aliphatic heterocycles. The Balaban J connectivity index is 1.89. The van der Waals surface area contributed by atoms with Crippen LogP contribution in [0, 0.1) is 0 Å². The summed E-state index contributed by atoms with van der Waals surface area (Å²) in [7, 11) is 0. The number of hydrogen-bond donors (Lipinski definition) is 1. The predicted molar refractivity (Wildman–Crippen MR) is 81.5 cm³/mol. The summed E-state index contributed by atoms with van der Waals surface area (Å²) in [5, 5.41) is 2.90. The summed E-state index contributed by atoms with van der Waals surface area (Å²) in [6.45, 7) is 5.75. The molecule has 0 aliphatic carbocycles. The van der Waals surface area contributed by atoms with Crippen LogP contribution in [0.3, 0.4) is 0 Å². The van der Waals surface area contributed by atoms with E-state index in [-0.39, 0.29) is 17.7 Å². The molecule has 0 aromatic heterocycles. The van der Waals surface area contributed by atoms with Gasteiger partial charge in [-0.05, 0) is 38.1 Å². The molecule has 5 nitrogen and oxygen atoms in total. The highest BCUT2D eigenvalue weighted by atomic mass is 16.5. The molecule has 1 aliphatic rings. The molecule has 2 rings (SSSR count). The fourth-order valence-electron chi connectivity index (χ4n) is 2.37. The number of carbonyl (C=O) groups excluding carboxylic acids is 2. The number of ketones is 1. The minimum Gasteiger partial charge on any atom is -0.494 e. The molecule has 1 N–H and O–H groups in total. The molecular weight excluding hydrogens is 268 g/mol. The third kappa shape index (κ3) is 4.29. The summed E-state index contributed by atoms with van der Waals surface area (Å²) in [4.78, 5) is 25.5. The highest BCUT2D eigenvalue weighted by molar-refractivity contribution is 5.94. The lowest BCUT2D eigenvalue weighted by molar-refractivity contribution is -0.126. The van der Waals surface area contributed by atoms with Crippen molar-refractivity contribution in [1.82, 2.24) is 4.90 Å². The van der Waals surface area contributed by atoms with Crippen LogP contribution in [0.15, 0.2) is 24.3 Å². The quantitative estimate of drug-likeness (QED) is 0.902. The van der Waals surface area contributed by atoms with E-state index >= 15 is 0 Å². The monoisotopic (exact) mass is 290 g/mol. The van der Waals surface area contributed by atoms with Gasteiger partial charge in [0, 0.05) is 31.6 Å². The van der Waals surface area contributed by atoms with Crippen LogP contribution >= 0.6 is 0 Å². The number of rotatable bonds is 5. The molecule has 5 heteroatoms. The molecule has 0 bridgehead atoms. The first-order valence-electron chi connectivity index (χ1n) is 7.39. The second kappa shape index (κ2) is 7.22. The van der Waals surface area contributed by atoms with Gasteiger partial charge in [0.2, 0.25) is 5.91 Å². The zero-order chi connectivity index (χ0) is 15.2. The second-order valence-electron chi connectivity index (χ2n) is 5.20. The van der Waals surface area contributed by atoms with Crippen molar-refractivity contribution in [2.45, 2.75) is 32.7 Å². The fourth-order valence-corrected chi connectivity index (χ4v) is 2.37. The Morgan fingerprint density at radius 2 is 1.90 bits per heavy atom. The molecule has 1 heterocycles. The molecule has 0 spiro atoms. The van der Waals surface area contributed by atoms with Crippen molar-refractivity contribution >= 4 is 17.4 Å². The second-order valence-corrected chi connectivity index (χ2v) is 5.20. The van der Waals surface area contributed by atoms with Crippen molar-refractivity contribution in [1.29, 1.82) is 0 Å². The minimum absolute atomic E-state index is 0.0477. The van der Waals surface area contributed by atoms with Crippen LogP contribution in [0.25, 0.3) is 0 Å². The Morgan fingerprint density at radius 1 is 1.29 bits per heavy atom. The molecule has 0 radical (unpaired) electrons. The van der Waals surface area contributed by atoms with Gasteiger partial charge in [-0.3, -0.25) is 14.5 Å². The van der Waals surface area contributed by atoms with Gasteiger partial charge in [-0.1, -0.05) is 0 Å². The van der Waals surface area contributed by atoms with E-state index in [4.69, 9.17) is 4.74 Å². The largest absolute Gasteiger partial charge is 0.494 e. The number of benzene rings is 1. The summed E-state index contributed by atoms with van der Waals surface area (Å²) >= 11 is 0. The van der Waals surface area contributed by atoms with Crippen molar-refractivity contribution in [3.8, 4) is 5.75 Å². The average Bonchev–Trinajstić information content (AvgIpc) is 2.49. The van der Waals surface area contributed by atoms with Gasteiger partial charge in [0.1, 0.15) is 11.5 Å². The van der Waals surface area contributed by atoms with E-state index < -0.39 is 0 Å². The van der Waals surface area contributed by atoms with Crippen LogP contribution < -0.4 is 10.1 Å². The van der Waals surface area contributed by atoms with Gasteiger partial charge >= 0.3 is 0 Å². The summed E-state index contributed by atoms with van der Waals surface area (Å²) < 4.78 is 5.37. The van der Waals surface area contributed by atoms with Gasteiger partial charge < -0.3 is 10.1 Å². The molecule has 21 heavy (non-hydrogen) atoms. The zero-order valence-electron chi connectivity index (χ0n) is 12.6. The molecule has 114 valence electrons. The highest BCUT2D eigenvalue weighted by Gasteiger charge is 2.25. The lowest BCUT2D eigenvalue weighted by Gasteiger charge is -2.30. The van der Waals surface area contributed by atoms with Crippen molar-refractivity contribution < 1.29 is 14.3 Å². The van der Waals surface area contributed by atoms with E-state index in [2.05, 4.69) is 5.32 Å². The van der Waals surface area contributed by atoms with Crippen LogP contribution in [-0.4, -0.2) is 42.3 Å². The molecule has 0 saturated carbocycles. The average molecular weight is 290 g/mol. The van der Waals surface area contributed by atoms with Gasteiger partial charge in [0.05, 0.1) is 12.6 Å². The van der Waals surface area contributed by atoms with Gasteiger partial charge in [-0.15, -0.1) is 0 Å². The standard InChI is InChI=1S/C16H22N2O3/c1-3-21-15-6-4-13(5-7-15)17-16(20)12(2)18-10-8-14(19)9-11-18/h4-7,12H,3,8-11H2,1-2H3,(H,17,20). The maximum atomic E-state index is 12.2. The number of piperidine rings is 1. The summed E-state index contributed by atoms with van der Waals surface area (Å²) in [6.07, 6.45) is 1.08. The smallest absolute Gasteiger partial charge is 0.241 e. The first-order chi connectivity index (χ1) is 10.1. The fraction of sp³-hybridized carbons (Fsp3) is 0.500. The number of nitrogens with one attached hydrogen (secondary N) is 1. The molecule has 1 fully saturated rings. The van der Waals surface area contributed by atoms with Crippen LogP contribution in [0.4, 0.5) is 5.69 Å². The molecule has 1 aromatic rings. The number of anilines is 1. The highest BCUT2D eigenvalue weighted by Crippen LogP contribution is 2.17. The lowest BCUT2D eigenvalue weighted by Crippen LogP contribution is -2.46. The SMILES string of the molecule is CCOc1ccc(NC(=O)C(C)N2CCC(=O)CC2)cc1. The Labute approximate surface area is 125 Å². The third-order valence-corrected chi connectivity index (χ3v) is 3.72. The minimum atomic E-state index is -0.232. The van der Waals surface area contributed by atoms with E-state index in [0.717, 1.165) is 11.4 Å². The van der Waals surface area contributed by atoms with E-state index in [1.807, 2.05) is 43.0 Å². The summed E-state index contributed by atoms with van der Waals surface area (Å²) in [6, 6.07) is 7.10. The first kappa shape index (κ1) is 15.5. The van der Waals surface area contributed by atoms with Gasteiger partial charge in [-0.25, -0.2) is 0 Å². The van der Waals surface area contributed by atoms with Crippen molar-refractivity contribution in [3.63, 3.8) is 0 Å². The number of Topliss-reactive ketones (excluding diaryl/α,β-unsaturated/α-hetero) is 1. The number of hydrogen-bond acceptors (Lipinski definition) is 4. The Kier molecular flexibility index (Phi) is 5.33. The van der Waals surface area contributed by atoms with Gasteiger partial charge in [0.15, 0.2) is 0 Å². The number of likely N-dealkylation sites (tertiary alicyclic amines) is 1. The maximum absolute atomic E-state index is 12.2. The Hall–Kier alpha value is -1.88. The van der Waals surface area contributed by atoms with Crippen LogP contribution in [0.1, 0.15) is 26.7 Å². The number of carbonyl (C=O) groups is 2. The number of nitrogens with zero attached hydrogens (tertiary/aromatic N) is 1. The molecule has 1 unspecified atom stereocenters. The van der Waals surface area contributed by atoms with E-state index in [1.54, 1.807) is 0 Å². The third-order valence-electron chi connectivity index (χ3n) is 3.72. The number of ether oxygens (including phenoxy) is 1. The molecule has 1 amide bonds. The van der Waals surface area contributed by atoms with Crippen LogP contribution in [-0.2, 0) is 9.59 Å². The Morgan fingerprint density at radius 3 is 2.48 bits per heavy atom. The number of amides is 1. The Bertz CT molecular complexity index is 489. The topological polar surface area (TPSA) is 58.6 Å². The predicted octanol–water partition coefficient (Wildman–Crippen LogP) is 2.08. The normalized spacial score (nSPS) is 17.3. The summed E-state index contributed by atoms with van der Waals surface area (Å²) in [5.41, 5.74) is 0.753. The summed E-state index contributed by atoms with van der Waals surface area (Å²) in [5.74, 6) is 1.02. The van der Waals surface area contributed by atoms with Crippen molar-refractivity contribution in [2.75, 3.05) is 25.0 Å². The van der Waals surface area contributed by atoms with E-state index in [9.17, 15) is 9.59 Å². The molecular formula is C16H22N2O3. The molecule has 1 saturated heterocycles. The molecule has 1 atom stereocenters. The first-order valence-corrected chi connectivity index (χ1v) is 7.39. The van der Waals surface area contributed by atoms with Crippen LogP contribution in [0.5, 0.6) is 5.75 Å². The van der Waals surface area contributed by atoms with Gasteiger partial charge in [0.25, 0.3) is 0 Å². The lowest BCUT2D eigenvalue weighted by atomic mass is 10.1. The van der Waals surface area contributed by atoms with Crippen molar-refractivity contribution in [3.05, 3.63) is 24.3 Å². The maximum Gasteiger partial charge on any atom is 0.241 e. The van der Waals surface area contributed by atoms with Crippen molar-refractivity contribution in [2.24, 2.45) is 0 Å². The van der Waals surface area contributed by atoms with E-state index in [1.165, 1.54) is 0 Å². The zero-order valence-corrected chi connectivity index (χ0v) is 12.6. The van der Waals surface area contributed by atoms with Crippen LogP contribution in [0.2, 0.25) is 0 Å². The van der Waals surface area contributed by atoms with Gasteiger partial charge in [-0.2, -0.15) is 0 Å². The van der Waals surface area contributed by atoms with E-state index in [0.29, 0.717) is 32.5 Å². The molecule has 1 aromatic carbocycles.